The molecule has 0 fully saturated rings. The summed E-state index contributed by atoms with van der Waals surface area (Å²) in [4.78, 5) is 21.1. The minimum Gasteiger partial charge on any atom is -0.487 e. The van der Waals surface area contributed by atoms with E-state index >= 15 is 0 Å². The number of benzene rings is 1. The Morgan fingerprint density at radius 3 is 2.87 bits per heavy atom. The van der Waals surface area contributed by atoms with Gasteiger partial charge in [0, 0.05) is 41.3 Å². The summed E-state index contributed by atoms with van der Waals surface area (Å²) < 4.78 is 9.32. The maximum Gasteiger partial charge on any atom is 0.206 e. The highest BCUT2D eigenvalue weighted by molar-refractivity contribution is 7.07. The van der Waals surface area contributed by atoms with E-state index in [0.29, 0.717) is 11.4 Å². The molecule has 5 aromatic rings. The van der Waals surface area contributed by atoms with E-state index in [9.17, 15) is 4.79 Å². The van der Waals surface area contributed by atoms with Crippen LogP contribution < -0.4 is 10.2 Å². The molecule has 8 nitrogen and oxygen atoms in total. The van der Waals surface area contributed by atoms with Crippen molar-refractivity contribution in [2.24, 2.45) is 0 Å². The van der Waals surface area contributed by atoms with E-state index in [1.165, 1.54) is 6.07 Å². The van der Waals surface area contributed by atoms with Gasteiger partial charge in [0.15, 0.2) is 0 Å². The van der Waals surface area contributed by atoms with Crippen LogP contribution >= 0.6 is 11.3 Å². The lowest BCUT2D eigenvalue weighted by Crippen LogP contribution is -2.17. The first-order valence-corrected chi connectivity index (χ1v) is 10.7. The number of rotatable bonds is 6. The van der Waals surface area contributed by atoms with E-state index in [0.717, 1.165) is 34.4 Å². The lowest BCUT2D eigenvalue weighted by atomic mass is 10.1. The van der Waals surface area contributed by atoms with Crippen LogP contribution in [0.2, 0.25) is 0 Å². The van der Waals surface area contributed by atoms with Crippen LogP contribution in [0, 0.1) is 0 Å². The first-order valence-electron chi connectivity index (χ1n) is 9.72. The van der Waals surface area contributed by atoms with Crippen LogP contribution in [0.15, 0.2) is 70.8 Å². The van der Waals surface area contributed by atoms with Gasteiger partial charge >= 0.3 is 0 Å². The standard InChI is InChI=1S/C22H18N6O2S/c1-2-27-11-17(10-25-27)28-6-5-22(29)20(26-28)12-30-18-3-4-19-15(8-18)7-16(9-23-19)21-13-31-14-24-21/h3-11,13-14H,2,12H2,1H3. The van der Waals surface area contributed by atoms with E-state index in [1.54, 1.807) is 38.6 Å². The third-order valence-corrected chi connectivity index (χ3v) is 5.43. The molecule has 1 aromatic carbocycles. The Balaban J connectivity index is 1.39. The molecule has 31 heavy (non-hydrogen) atoms. The van der Waals surface area contributed by atoms with Gasteiger partial charge in [0.2, 0.25) is 5.43 Å². The van der Waals surface area contributed by atoms with Gasteiger partial charge in [-0.05, 0) is 31.2 Å². The smallest absolute Gasteiger partial charge is 0.206 e. The lowest BCUT2D eigenvalue weighted by molar-refractivity contribution is 0.298. The van der Waals surface area contributed by atoms with E-state index in [4.69, 9.17) is 4.74 Å². The number of aryl methyl sites for hydroxylation is 1. The molecule has 0 aliphatic heterocycles. The molecular weight excluding hydrogens is 412 g/mol. The second-order valence-electron chi connectivity index (χ2n) is 6.87. The average molecular weight is 430 g/mol. The fourth-order valence-electron chi connectivity index (χ4n) is 3.18. The van der Waals surface area contributed by atoms with Crippen LogP contribution in [0.4, 0.5) is 0 Å². The molecule has 0 amide bonds. The van der Waals surface area contributed by atoms with Crippen LogP contribution in [0.3, 0.4) is 0 Å². The summed E-state index contributed by atoms with van der Waals surface area (Å²) in [5, 5.41) is 11.6. The number of pyridine rings is 1. The van der Waals surface area contributed by atoms with E-state index in [2.05, 4.69) is 20.2 Å². The summed E-state index contributed by atoms with van der Waals surface area (Å²) in [6, 6.07) is 9.16. The summed E-state index contributed by atoms with van der Waals surface area (Å²) >= 11 is 1.54. The zero-order valence-corrected chi connectivity index (χ0v) is 17.5. The van der Waals surface area contributed by atoms with Crippen LogP contribution in [0.5, 0.6) is 5.75 Å². The van der Waals surface area contributed by atoms with Gasteiger partial charge in [-0.3, -0.25) is 14.5 Å². The minimum absolute atomic E-state index is 0.0618. The monoisotopic (exact) mass is 430 g/mol. The molecule has 0 spiro atoms. The molecule has 0 N–H and O–H groups in total. The molecule has 154 valence electrons. The van der Waals surface area contributed by atoms with Crippen molar-refractivity contribution in [3.63, 3.8) is 0 Å². The highest BCUT2D eigenvalue weighted by Crippen LogP contribution is 2.25. The topological polar surface area (TPSA) is 87.7 Å². The van der Waals surface area contributed by atoms with Crippen LogP contribution in [-0.2, 0) is 13.2 Å². The third kappa shape index (κ3) is 3.95. The molecule has 0 radical (unpaired) electrons. The van der Waals surface area contributed by atoms with Gasteiger partial charge in [-0.25, -0.2) is 9.67 Å². The van der Waals surface area contributed by atoms with E-state index in [1.807, 2.05) is 49.0 Å². The number of thiazole rings is 1. The number of ether oxygens (including phenoxy) is 1. The molecular formula is C22H18N6O2S. The fourth-order valence-corrected chi connectivity index (χ4v) is 3.74. The van der Waals surface area contributed by atoms with Gasteiger partial charge < -0.3 is 4.74 Å². The second kappa shape index (κ2) is 8.11. The highest BCUT2D eigenvalue weighted by Gasteiger charge is 2.08. The molecule has 5 rings (SSSR count). The maximum absolute atomic E-state index is 12.3. The van der Waals surface area contributed by atoms with Crippen molar-refractivity contribution < 1.29 is 4.74 Å². The van der Waals surface area contributed by atoms with Crippen molar-refractivity contribution in [1.82, 2.24) is 29.5 Å². The van der Waals surface area contributed by atoms with Crippen molar-refractivity contribution in [2.45, 2.75) is 20.1 Å². The normalized spacial score (nSPS) is 11.1. The zero-order chi connectivity index (χ0) is 21.2. The Kier molecular flexibility index (Phi) is 5.01. The molecule has 4 heterocycles. The summed E-state index contributed by atoms with van der Waals surface area (Å²) in [7, 11) is 0. The maximum atomic E-state index is 12.3. The molecule has 0 unspecified atom stereocenters. The van der Waals surface area contributed by atoms with Crippen molar-refractivity contribution in [1.29, 1.82) is 0 Å². The molecule has 0 saturated heterocycles. The number of fused-ring (bicyclic) bond motifs is 1. The summed E-state index contributed by atoms with van der Waals surface area (Å²) in [5.74, 6) is 0.639. The van der Waals surface area contributed by atoms with Gasteiger partial charge in [0.1, 0.15) is 23.7 Å². The van der Waals surface area contributed by atoms with E-state index in [-0.39, 0.29) is 12.0 Å². The fraction of sp³-hybridized carbons (Fsp3) is 0.136. The number of nitrogens with zero attached hydrogens (tertiary/aromatic N) is 6. The summed E-state index contributed by atoms with van der Waals surface area (Å²) in [6.07, 6.45) is 7.03. The number of aromatic nitrogens is 6. The van der Waals surface area contributed by atoms with Crippen molar-refractivity contribution >= 4 is 22.2 Å². The largest absolute Gasteiger partial charge is 0.487 e. The molecule has 4 aromatic heterocycles. The van der Waals surface area contributed by atoms with Crippen molar-refractivity contribution in [2.75, 3.05) is 0 Å². The third-order valence-electron chi connectivity index (χ3n) is 4.84. The Morgan fingerprint density at radius 2 is 2.06 bits per heavy atom. The molecule has 0 bridgehead atoms. The highest BCUT2D eigenvalue weighted by atomic mass is 32.1. The lowest BCUT2D eigenvalue weighted by Gasteiger charge is -2.09. The zero-order valence-electron chi connectivity index (χ0n) is 16.7. The first-order chi connectivity index (χ1) is 15.2. The van der Waals surface area contributed by atoms with Crippen LogP contribution in [0.25, 0.3) is 27.8 Å². The van der Waals surface area contributed by atoms with Gasteiger partial charge in [0.25, 0.3) is 0 Å². The molecule has 0 aliphatic rings. The van der Waals surface area contributed by atoms with Gasteiger partial charge in [-0.15, -0.1) is 11.3 Å². The second-order valence-corrected chi connectivity index (χ2v) is 7.59. The Bertz CT molecular complexity index is 1410. The number of hydrogen-bond donors (Lipinski definition) is 0. The predicted octanol–water partition coefficient (Wildman–Crippen LogP) is 3.70. The SMILES string of the molecule is CCn1cc(-n2ccc(=O)c(COc3ccc4ncc(-c5cscn5)cc4c3)n2)cn1. The minimum atomic E-state index is -0.174. The quantitative estimate of drug-likeness (QED) is 0.408. The Labute approximate surface area is 181 Å². The van der Waals surface area contributed by atoms with Crippen molar-refractivity contribution in [3.05, 3.63) is 81.9 Å². The summed E-state index contributed by atoms with van der Waals surface area (Å²) in [6.45, 7) is 2.83. The van der Waals surface area contributed by atoms with Gasteiger partial charge in [-0.2, -0.15) is 10.2 Å². The van der Waals surface area contributed by atoms with Crippen molar-refractivity contribution in [3.8, 4) is 22.7 Å². The molecule has 0 saturated carbocycles. The van der Waals surface area contributed by atoms with E-state index < -0.39 is 0 Å². The molecule has 0 atom stereocenters. The molecule has 9 heteroatoms. The average Bonchev–Trinajstić information content (AvgIpc) is 3.50. The Hall–Kier alpha value is -3.85. The number of hydrogen-bond acceptors (Lipinski definition) is 7. The van der Waals surface area contributed by atoms with Gasteiger partial charge in [0.05, 0.1) is 29.1 Å². The predicted molar refractivity (Wildman–Crippen MR) is 118 cm³/mol. The van der Waals surface area contributed by atoms with Gasteiger partial charge in [-0.1, -0.05) is 0 Å². The summed E-state index contributed by atoms with van der Waals surface area (Å²) in [5.41, 5.74) is 5.44. The van der Waals surface area contributed by atoms with Crippen LogP contribution in [-0.4, -0.2) is 29.5 Å². The Morgan fingerprint density at radius 1 is 1.13 bits per heavy atom. The van der Waals surface area contributed by atoms with Crippen LogP contribution in [0.1, 0.15) is 12.6 Å². The molecule has 0 aliphatic carbocycles. The first kappa shape index (κ1) is 19.1.